The molecule has 0 amide bonds. The maximum absolute atomic E-state index is 12.2. The monoisotopic (exact) mass is 300 g/mol. The minimum Gasteiger partial charge on any atom is -0.481 e. The van der Waals surface area contributed by atoms with Crippen molar-refractivity contribution in [2.75, 3.05) is 32.6 Å². The minimum atomic E-state index is -3.52. The first-order valence-electron chi connectivity index (χ1n) is 6.21. The van der Waals surface area contributed by atoms with E-state index in [9.17, 15) is 13.2 Å². The van der Waals surface area contributed by atoms with E-state index in [0.717, 1.165) is 4.31 Å². The lowest BCUT2D eigenvalue weighted by atomic mass is 10.2. The second kappa shape index (κ2) is 6.71. The van der Waals surface area contributed by atoms with Gasteiger partial charge in [-0.15, -0.1) is 0 Å². The van der Waals surface area contributed by atoms with Gasteiger partial charge in [-0.3, -0.25) is 4.79 Å². The fourth-order valence-electron chi connectivity index (χ4n) is 1.78. The van der Waals surface area contributed by atoms with Crippen molar-refractivity contribution < 1.29 is 18.3 Å². The molecule has 0 radical (unpaired) electrons. The highest BCUT2D eigenvalue weighted by molar-refractivity contribution is 7.89. The van der Waals surface area contributed by atoms with Gasteiger partial charge in [0.15, 0.2) is 0 Å². The number of benzene rings is 1. The standard InChI is InChI=1S/C13H20N2O4S/c1-14(2)20(18,19)12-8-5-4-7-11(12)15(3)10-6-9-13(16)17/h4-5,7-8H,6,9-10H2,1-3H3,(H,16,17). The van der Waals surface area contributed by atoms with E-state index in [4.69, 9.17) is 5.11 Å². The van der Waals surface area contributed by atoms with Crippen LogP contribution < -0.4 is 4.90 Å². The lowest BCUT2D eigenvalue weighted by Gasteiger charge is -2.23. The normalized spacial score (nSPS) is 11.6. The largest absolute Gasteiger partial charge is 0.481 e. The molecule has 7 heteroatoms. The quantitative estimate of drug-likeness (QED) is 0.819. The highest BCUT2D eigenvalue weighted by Gasteiger charge is 2.22. The molecule has 0 atom stereocenters. The summed E-state index contributed by atoms with van der Waals surface area (Å²) in [5.74, 6) is -0.854. The molecule has 20 heavy (non-hydrogen) atoms. The van der Waals surface area contributed by atoms with E-state index < -0.39 is 16.0 Å². The van der Waals surface area contributed by atoms with E-state index in [1.165, 1.54) is 14.1 Å². The SMILES string of the molecule is CN(CCCC(=O)O)c1ccccc1S(=O)(=O)N(C)C. The lowest BCUT2D eigenvalue weighted by molar-refractivity contribution is -0.137. The molecule has 0 heterocycles. The van der Waals surface area contributed by atoms with E-state index >= 15 is 0 Å². The van der Waals surface area contributed by atoms with Gasteiger partial charge in [0.25, 0.3) is 0 Å². The van der Waals surface area contributed by atoms with E-state index in [1.807, 2.05) is 0 Å². The molecule has 0 aromatic heterocycles. The first-order chi connectivity index (χ1) is 9.26. The molecule has 0 aliphatic carbocycles. The zero-order valence-corrected chi connectivity index (χ0v) is 12.7. The van der Waals surface area contributed by atoms with Crippen molar-refractivity contribution in [2.45, 2.75) is 17.7 Å². The molecule has 0 unspecified atom stereocenters. The summed E-state index contributed by atoms with van der Waals surface area (Å²) in [6.45, 7) is 0.478. The maximum atomic E-state index is 12.2. The molecule has 1 rings (SSSR count). The Hall–Kier alpha value is -1.60. The van der Waals surface area contributed by atoms with Crippen LogP contribution in [-0.2, 0) is 14.8 Å². The first-order valence-corrected chi connectivity index (χ1v) is 7.65. The van der Waals surface area contributed by atoms with Crippen LogP contribution in [0, 0.1) is 0 Å². The van der Waals surface area contributed by atoms with E-state index in [1.54, 1.807) is 36.2 Å². The predicted molar refractivity (Wildman–Crippen MR) is 77.5 cm³/mol. The number of nitrogens with zero attached hydrogens (tertiary/aromatic N) is 2. The van der Waals surface area contributed by atoms with Crippen molar-refractivity contribution in [3.05, 3.63) is 24.3 Å². The van der Waals surface area contributed by atoms with Gasteiger partial charge in [0, 0.05) is 34.1 Å². The predicted octanol–water partition coefficient (Wildman–Crippen LogP) is 1.24. The van der Waals surface area contributed by atoms with Crippen LogP contribution in [0.4, 0.5) is 5.69 Å². The van der Waals surface area contributed by atoms with Crippen molar-refractivity contribution in [3.63, 3.8) is 0 Å². The molecule has 112 valence electrons. The van der Waals surface area contributed by atoms with Crippen molar-refractivity contribution in [1.29, 1.82) is 0 Å². The molecule has 0 aliphatic heterocycles. The fraction of sp³-hybridized carbons (Fsp3) is 0.462. The summed E-state index contributed by atoms with van der Waals surface area (Å²) in [4.78, 5) is 12.5. The van der Waals surface area contributed by atoms with Crippen LogP contribution in [0.1, 0.15) is 12.8 Å². The Morgan fingerprint density at radius 3 is 2.35 bits per heavy atom. The third kappa shape index (κ3) is 3.94. The van der Waals surface area contributed by atoms with Crippen LogP contribution >= 0.6 is 0 Å². The number of anilines is 1. The molecule has 0 saturated carbocycles. The summed E-state index contributed by atoms with van der Waals surface area (Å²) >= 11 is 0. The van der Waals surface area contributed by atoms with Crippen LogP contribution in [0.15, 0.2) is 29.2 Å². The molecule has 1 N–H and O–H groups in total. The van der Waals surface area contributed by atoms with E-state index in [0.29, 0.717) is 18.7 Å². The Kier molecular flexibility index (Phi) is 5.52. The van der Waals surface area contributed by atoms with E-state index in [-0.39, 0.29) is 11.3 Å². The Morgan fingerprint density at radius 2 is 1.80 bits per heavy atom. The Bertz CT molecular complexity index is 569. The van der Waals surface area contributed by atoms with Crippen molar-refractivity contribution in [3.8, 4) is 0 Å². The maximum Gasteiger partial charge on any atom is 0.303 e. The van der Waals surface area contributed by atoms with Gasteiger partial charge >= 0.3 is 5.97 Å². The van der Waals surface area contributed by atoms with Gasteiger partial charge in [0.05, 0.1) is 5.69 Å². The van der Waals surface area contributed by atoms with Crippen molar-refractivity contribution >= 4 is 21.7 Å². The highest BCUT2D eigenvalue weighted by Crippen LogP contribution is 2.26. The smallest absolute Gasteiger partial charge is 0.303 e. The minimum absolute atomic E-state index is 0.0624. The molecule has 0 saturated heterocycles. The van der Waals surface area contributed by atoms with Gasteiger partial charge in [-0.1, -0.05) is 12.1 Å². The second-order valence-corrected chi connectivity index (χ2v) is 6.79. The third-order valence-electron chi connectivity index (χ3n) is 2.92. The number of hydrogen-bond acceptors (Lipinski definition) is 4. The highest BCUT2D eigenvalue weighted by atomic mass is 32.2. The second-order valence-electron chi connectivity index (χ2n) is 4.67. The van der Waals surface area contributed by atoms with Crippen molar-refractivity contribution in [2.24, 2.45) is 0 Å². The molecule has 1 aromatic rings. The third-order valence-corrected chi connectivity index (χ3v) is 4.78. The fourth-order valence-corrected chi connectivity index (χ4v) is 2.91. The summed E-state index contributed by atoms with van der Waals surface area (Å²) in [5, 5.41) is 8.63. The topological polar surface area (TPSA) is 77.9 Å². The van der Waals surface area contributed by atoms with Gasteiger partial charge < -0.3 is 10.0 Å². The van der Waals surface area contributed by atoms with Crippen LogP contribution in [0.2, 0.25) is 0 Å². The average Bonchev–Trinajstić information content (AvgIpc) is 2.38. The average molecular weight is 300 g/mol. The number of sulfonamides is 1. The summed E-state index contributed by atoms with van der Waals surface area (Å²) in [6.07, 6.45) is 0.523. The first kappa shape index (κ1) is 16.5. The molecule has 0 spiro atoms. The van der Waals surface area contributed by atoms with Gasteiger partial charge in [-0.2, -0.15) is 0 Å². The number of carbonyl (C=O) groups is 1. The Balaban J connectivity index is 2.99. The zero-order valence-electron chi connectivity index (χ0n) is 11.9. The summed E-state index contributed by atoms with van der Waals surface area (Å²) in [5.41, 5.74) is 0.576. The van der Waals surface area contributed by atoms with Gasteiger partial charge in [-0.05, 0) is 18.6 Å². The number of carboxylic acid groups (broad SMARTS) is 1. The summed E-state index contributed by atoms with van der Waals surface area (Å²) in [7, 11) is 1.20. The van der Waals surface area contributed by atoms with Gasteiger partial charge in [0.2, 0.25) is 10.0 Å². The summed E-state index contributed by atoms with van der Waals surface area (Å²) < 4.78 is 25.7. The molecular formula is C13H20N2O4S. The van der Waals surface area contributed by atoms with E-state index in [2.05, 4.69) is 0 Å². The molecule has 0 aliphatic rings. The number of para-hydroxylation sites is 1. The summed E-state index contributed by atoms with van der Waals surface area (Å²) in [6, 6.07) is 6.71. The molecule has 0 bridgehead atoms. The molecule has 1 aromatic carbocycles. The Morgan fingerprint density at radius 1 is 1.20 bits per heavy atom. The number of aliphatic carboxylic acids is 1. The van der Waals surface area contributed by atoms with Crippen molar-refractivity contribution in [1.82, 2.24) is 4.31 Å². The Labute approximate surface area is 119 Å². The van der Waals surface area contributed by atoms with Gasteiger partial charge in [-0.25, -0.2) is 12.7 Å². The molecule has 0 fully saturated rings. The lowest BCUT2D eigenvalue weighted by Crippen LogP contribution is -2.26. The van der Waals surface area contributed by atoms with Crippen LogP contribution in [0.3, 0.4) is 0 Å². The zero-order chi connectivity index (χ0) is 15.3. The van der Waals surface area contributed by atoms with Crippen LogP contribution in [0.25, 0.3) is 0 Å². The number of hydrogen-bond donors (Lipinski definition) is 1. The number of carboxylic acids is 1. The van der Waals surface area contributed by atoms with Crippen LogP contribution in [-0.4, -0.2) is 51.5 Å². The van der Waals surface area contributed by atoms with Gasteiger partial charge in [0.1, 0.15) is 4.90 Å². The van der Waals surface area contributed by atoms with Crippen LogP contribution in [0.5, 0.6) is 0 Å². The number of rotatable bonds is 7. The molecule has 6 nitrogen and oxygen atoms in total. The molecular weight excluding hydrogens is 280 g/mol.